The van der Waals surface area contributed by atoms with Gasteiger partial charge in [0.15, 0.2) is 0 Å². The maximum absolute atomic E-state index is 13.1. The lowest BCUT2D eigenvalue weighted by atomic mass is 9.79. The van der Waals surface area contributed by atoms with Gasteiger partial charge in [-0.05, 0) is 44.9 Å². The molecule has 196 valence electrons. The molecule has 2 heterocycles. The average Bonchev–Trinajstić information content (AvgIpc) is 2.96. The number of likely N-dealkylation sites (tertiary alicyclic amines) is 1. The smallest absolute Gasteiger partial charge is 0.295 e. The number of nitrogens with one attached hydrogen (secondary N) is 2. The minimum atomic E-state index is -4.99. The van der Waals surface area contributed by atoms with Crippen LogP contribution in [-0.4, -0.2) is 71.6 Å². The first-order valence-electron chi connectivity index (χ1n) is 11.4. The molecule has 4 fully saturated rings. The third-order valence-corrected chi connectivity index (χ3v) is 9.99. The first-order valence-corrected chi connectivity index (χ1v) is 13.8. The summed E-state index contributed by atoms with van der Waals surface area (Å²) in [5.74, 6) is -3.90. The number of fused-ring (bicyclic) bond motifs is 1. The highest BCUT2D eigenvalue weighted by Crippen LogP contribution is 2.41. The first-order chi connectivity index (χ1) is 16.3. The van der Waals surface area contributed by atoms with Gasteiger partial charge >= 0.3 is 6.36 Å². The quantitative estimate of drug-likeness (QED) is 0.362. The minimum Gasteiger partial charge on any atom is -0.295 e. The van der Waals surface area contributed by atoms with Crippen LogP contribution in [-0.2, 0) is 33.9 Å². The SMILES string of the molecule is O=C1CCC(N2C(=O)C3CCC(NS(=O)(=O)C4CCC(Br)CC4OC(F)(F)F)CC3C2=O)C(=O)N1. The van der Waals surface area contributed by atoms with Crippen LogP contribution >= 0.6 is 15.9 Å². The Morgan fingerprint density at radius 2 is 1.66 bits per heavy atom. The number of sulfonamides is 1. The molecule has 7 atom stereocenters. The van der Waals surface area contributed by atoms with E-state index in [1.54, 1.807) is 0 Å². The van der Waals surface area contributed by atoms with E-state index < -0.39 is 75.3 Å². The Morgan fingerprint density at radius 3 is 2.31 bits per heavy atom. The Morgan fingerprint density at radius 1 is 0.971 bits per heavy atom. The monoisotopic (exact) mass is 587 g/mol. The largest absolute Gasteiger partial charge is 0.522 e. The highest BCUT2D eigenvalue weighted by atomic mass is 79.9. The highest BCUT2D eigenvalue weighted by Gasteiger charge is 2.54. The van der Waals surface area contributed by atoms with Crippen LogP contribution in [0.4, 0.5) is 13.2 Å². The van der Waals surface area contributed by atoms with E-state index >= 15 is 0 Å². The number of carbonyl (C=O) groups excluding carboxylic acids is 4. The number of rotatable bonds is 5. The second kappa shape index (κ2) is 9.71. The van der Waals surface area contributed by atoms with Gasteiger partial charge in [-0.15, -0.1) is 13.2 Å². The number of hydrogen-bond donors (Lipinski definition) is 2. The molecule has 4 aliphatic rings. The normalized spacial score (nSPS) is 36.8. The number of piperidine rings is 1. The van der Waals surface area contributed by atoms with Gasteiger partial charge < -0.3 is 0 Å². The summed E-state index contributed by atoms with van der Waals surface area (Å²) in [6.45, 7) is 0. The zero-order valence-corrected chi connectivity index (χ0v) is 20.8. The van der Waals surface area contributed by atoms with Gasteiger partial charge in [0.1, 0.15) is 11.3 Å². The molecule has 0 bridgehead atoms. The van der Waals surface area contributed by atoms with E-state index in [0.29, 0.717) is 6.42 Å². The summed E-state index contributed by atoms with van der Waals surface area (Å²) in [6, 6.07) is -1.85. The van der Waals surface area contributed by atoms with Crippen molar-refractivity contribution >= 4 is 49.6 Å². The van der Waals surface area contributed by atoms with E-state index in [9.17, 15) is 40.8 Å². The molecule has 2 saturated heterocycles. The molecule has 0 spiro atoms. The number of amides is 4. The van der Waals surface area contributed by atoms with Crippen molar-refractivity contribution in [2.45, 2.75) is 86.0 Å². The van der Waals surface area contributed by atoms with Gasteiger partial charge in [-0.1, -0.05) is 15.9 Å². The van der Waals surface area contributed by atoms with Gasteiger partial charge in [-0.25, -0.2) is 13.1 Å². The number of ether oxygens (including phenoxy) is 1. The van der Waals surface area contributed by atoms with Crippen LogP contribution in [0.5, 0.6) is 0 Å². The average molecular weight is 588 g/mol. The summed E-state index contributed by atoms with van der Waals surface area (Å²) in [5, 5.41) is 0.697. The number of halogens is 4. The fraction of sp³-hybridized carbons (Fsp3) is 0.800. The topological polar surface area (TPSA) is 139 Å². The first kappa shape index (κ1) is 26.5. The Hall–Kier alpha value is -1.58. The van der Waals surface area contributed by atoms with E-state index in [0.717, 1.165) is 4.90 Å². The Bertz CT molecular complexity index is 1020. The summed E-state index contributed by atoms with van der Waals surface area (Å²) in [5.41, 5.74) is 0. The molecule has 4 rings (SSSR count). The van der Waals surface area contributed by atoms with Crippen LogP contribution in [0.25, 0.3) is 0 Å². The second-order valence-electron chi connectivity index (χ2n) is 9.45. The predicted molar refractivity (Wildman–Crippen MR) is 116 cm³/mol. The van der Waals surface area contributed by atoms with E-state index in [-0.39, 0.29) is 49.8 Å². The van der Waals surface area contributed by atoms with Crippen molar-refractivity contribution in [3.8, 4) is 0 Å². The van der Waals surface area contributed by atoms with Crippen molar-refractivity contribution in [2.75, 3.05) is 0 Å². The maximum atomic E-state index is 13.1. The van der Waals surface area contributed by atoms with Crippen LogP contribution in [0.1, 0.15) is 51.4 Å². The predicted octanol–water partition coefficient (Wildman–Crippen LogP) is 1.09. The minimum absolute atomic E-state index is 0.0109. The van der Waals surface area contributed by atoms with Crippen molar-refractivity contribution in [3.63, 3.8) is 0 Å². The molecular formula is C20H25BrF3N3O7S. The van der Waals surface area contributed by atoms with Gasteiger partial charge in [0.25, 0.3) is 0 Å². The molecule has 10 nitrogen and oxygen atoms in total. The Balaban J connectivity index is 1.45. The summed E-state index contributed by atoms with van der Waals surface area (Å²) in [4.78, 5) is 50.1. The molecule has 0 aromatic rings. The van der Waals surface area contributed by atoms with Crippen molar-refractivity contribution < 1.29 is 45.5 Å². The van der Waals surface area contributed by atoms with Crippen LogP contribution < -0.4 is 10.0 Å². The van der Waals surface area contributed by atoms with Crippen LogP contribution in [0, 0.1) is 11.8 Å². The third-order valence-electron chi connectivity index (χ3n) is 7.16. The van der Waals surface area contributed by atoms with Gasteiger partial charge in [0.05, 0.1) is 17.9 Å². The number of alkyl halides is 4. The second-order valence-corrected chi connectivity index (χ2v) is 12.7. The molecule has 0 aromatic heterocycles. The van der Waals surface area contributed by atoms with Gasteiger partial charge in [0.2, 0.25) is 33.7 Å². The van der Waals surface area contributed by atoms with Crippen molar-refractivity contribution in [1.82, 2.24) is 14.9 Å². The molecule has 4 amide bonds. The molecule has 2 aliphatic carbocycles. The summed E-state index contributed by atoms with van der Waals surface area (Å²) in [7, 11) is -4.24. The Kier molecular flexibility index (Phi) is 7.34. The van der Waals surface area contributed by atoms with Crippen LogP contribution in [0.2, 0.25) is 0 Å². The van der Waals surface area contributed by atoms with Crippen molar-refractivity contribution in [2.24, 2.45) is 11.8 Å². The van der Waals surface area contributed by atoms with Gasteiger partial charge in [0, 0.05) is 17.3 Å². The van der Waals surface area contributed by atoms with E-state index in [2.05, 4.69) is 30.7 Å². The summed E-state index contributed by atoms with van der Waals surface area (Å²) >= 11 is 3.23. The fourth-order valence-electron chi connectivity index (χ4n) is 5.57. The lowest BCUT2D eigenvalue weighted by Gasteiger charge is -2.36. The number of carbonyl (C=O) groups is 4. The van der Waals surface area contributed by atoms with E-state index in [1.165, 1.54) is 0 Å². The number of nitrogens with zero attached hydrogens (tertiary/aromatic N) is 1. The highest BCUT2D eigenvalue weighted by molar-refractivity contribution is 9.09. The molecule has 0 aromatic carbocycles. The zero-order chi connectivity index (χ0) is 25.7. The van der Waals surface area contributed by atoms with Gasteiger partial charge in [-0.2, -0.15) is 0 Å². The molecular weight excluding hydrogens is 563 g/mol. The molecule has 15 heteroatoms. The van der Waals surface area contributed by atoms with Crippen LogP contribution in [0.15, 0.2) is 0 Å². The molecule has 7 unspecified atom stereocenters. The molecule has 2 saturated carbocycles. The molecule has 2 aliphatic heterocycles. The summed E-state index contributed by atoms with van der Waals surface area (Å²) < 4.78 is 71.3. The van der Waals surface area contributed by atoms with Crippen LogP contribution in [0.3, 0.4) is 0 Å². The fourth-order valence-corrected chi connectivity index (χ4v) is 8.07. The molecule has 2 N–H and O–H groups in total. The van der Waals surface area contributed by atoms with E-state index in [4.69, 9.17) is 0 Å². The maximum Gasteiger partial charge on any atom is 0.522 e. The third kappa shape index (κ3) is 5.57. The standard InChI is InChI=1S/C20H25BrF3N3O7S/c21-9-1-5-15(14(7-9)34-20(22,23)24)35(32,33)26-10-2-3-11-12(8-10)19(31)27(18(11)30)13-4-6-16(28)25-17(13)29/h9-15,26H,1-8H2,(H,25,28,29). The van der Waals surface area contributed by atoms with Crippen molar-refractivity contribution in [3.05, 3.63) is 0 Å². The Labute approximate surface area is 207 Å². The lowest BCUT2D eigenvalue weighted by Crippen LogP contribution is -2.54. The molecule has 35 heavy (non-hydrogen) atoms. The number of imide groups is 2. The van der Waals surface area contributed by atoms with E-state index in [1.807, 2.05) is 0 Å². The zero-order valence-electron chi connectivity index (χ0n) is 18.4. The molecule has 0 radical (unpaired) electrons. The van der Waals surface area contributed by atoms with Crippen molar-refractivity contribution in [1.29, 1.82) is 0 Å². The summed E-state index contributed by atoms with van der Waals surface area (Å²) in [6.07, 6.45) is -6.00. The lowest BCUT2D eigenvalue weighted by molar-refractivity contribution is -0.344. The number of hydrogen-bond acceptors (Lipinski definition) is 7. The van der Waals surface area contributed by atoms with Gasteiger partial charge in [-0.3, -0.25) is 34.1 Å².